The van der Waals surface area contributed by atoms with Crippen LogP contribution in [0.1, 0.15) is 40.0 Å². The average Bonchev–Trinajstić information content (AvgIpc) is 2.58. The van der Waals surface area contributed by atoms with Gasteiger partial charge < -0.3 is 20.2 Å². The Labute approximate surface area is 149 Å². The minimum atomic E-state index is -0.831. The average molecular weight is 353 g/mol. The quantitative estimate of drug-likeness (QED) is 0.804. The molecule has 0 aliphatic carbocycles. The van der Waals surface area contributed by atoms with Crippen LogP contribution in [0.3, 0.4) is 0 Å². The lowest BCUT2D eigenvalue weighted by atomic mass is 9.88. The first-order valence-corrected chi connectivity index (χ1v) is 9.32. The Morgan fingerprint density at radius 1 is 1.12 bits per heavy atom. The second-order valence-corrected chi connectivity index (χ2v) is 7.98. The molecule has 0 spiro atoms. The van der Waals surface area contributed by atoms with E-state index in [1.165, 1.54) is 0 Å². The first-order valence-electron chi connectivity index (χ1n) is 9.32. The van der Waals surface area contributed by atoms with Gasteiger partial charge in [0, 0.05) is 32.7 Å². The zero-order valence-corrected chi connectivity index (χ0v) is 15.5. The molecule has 3 unspecified atom stereocenters. The molecule has 0 radical (unpaired) electrons. The van der Waals surface area contributed by atoms with Crippen molar-refractivity contribution in [1.82, 2.24) is 15.1 Å². The van der Waals surface area contributed by atoms with Gasteiger partial charge >= 0.3 is 12.0 Å². The van der Waals surface area contributed by atoms with E-state index in [1.807, 2.05) is 20.8 Å². The Bertz CT molecular complexity index is 509. The van der Waals surface area contributed by atoms with E-state index in [0.29, 0.717) is 38.5 Å². The van der Waals surface area contributed by atoms with Crippen molar-refractivity contribution in [3.8, 4) is 0 Å². The number of nitrogens with zero attached hydrogens (tertiary/aromatic N) is 2. The fraction of sp³-hybridized carbons (Fsp3) is 0.833. The van der Waals surface area contributed by atoms with E-state index in [4.69, 9.17) is 0 Å². The smallest absolute Gasteiger partial charge is 0.317 e. The van der Waals surface area contributed by atoms with Gasteiger partial charge in [-0.25, -0.2) is 4.79 Å². The van der Waals surface area contributed by atoms with Crippen molar-refractivity contribution in [3.63, 3.8) is 0 Å². The molecule has 0 aromatic rings. The number of carboxylic acid groups (broad SMARTS) is 1. The molecule has 2 heterocycles. The molecular formula is C18H31N3O4. The van der Waals surface area contributed by atoms with Gasteiger partial charge in [-0.2, -0.15) is 0 Å². The number of hydrogen-bond acceptors (Lipinski definition) is 3. The Hall–Kier alpha value is -1.79. The van der Waals surface area contributed by atoms with Gasteiger partial charge in [-0.1, -0.05) is 20.8 Å². The summed E-state index contributed by atoms with van der Waals surface area (Å²) in [4.78, 5) is 39.9. The van der Waals surface area contributed by atoms with Gasteiger partial charge in [-0.15, -0.1) is 0 Å². The van der Waals surface area contributed by atoms with E-state index in [9.17, 15) is 19.5 Å². The van der Waals surface area contributed by atoms with Gasteiger partial charge in [-0.3, -0.25) is 9.59 Å². The molecule has 7 nitrogen and oxygen atoms in total. The number of carbonyl (C=O) groups excluding carboxylic acids is 2. The lowest BCUT2D eigenvalue weighted by molar-refractivity contribution is -0.148. The van der Waals surface area contributed by atoms with Crippen LogP contribution in [0.2, 0.25) is 0 Å². The second-order valence-electron chi connectivity index (χ2n) is 7.98. The molecule has 2 rings (SSSR count). The maximum atomic E-state index is 12.9. The minimum absolute atomic E-state index is 0.000778. The summed E-state index contributed by atoms with van der Waals surface area (Å²) in [6.45, 7) is 8.68. The van der Waals surface area contributed by atoms with E-state index < -0.39 is 11.9 Å². The highest BCUT2D eigenvalue weighted by atomic mass is 16.4. The lowest BCUT2D eigenvalue weighted by Crippen LogP contribution is -2.53. The van der Waals surface area contributed by atoms with Crippen LogP contribution in [-0.4, -0.2) is 65.5 Å². The molecule has 25 heavy (non-hydrogen) atoms. The van der Waals surface area contributed by atoms with E-state index in [2.05, 4.69) is 5.32 Å². The highest BCUT2D eigenvalue weighted by molar-refractivity contribution is 5.82. The molecule has 3 atom stereocenters. The number of nitrogens with one attached hydrogen (secondary N) is 1. The van der Waals surface area contributed by atoms with Crippen molar-refractivity contribution < 1.29 is 19.5 Å². The molecule has 2 saturated heterocycles. The number of carbonyl (C=O) groups is 3. The van der Waals surface area contributed by atoms with Crippen LogP contribution < -0.4 is 5.32 Å². The number of carboxylic acids is 1. The normalized spacial score (nSPS) is 27.3. The topological polar surface area (TPSA) is 90.0 Å². The molecule has 2 fully saturated rings. The van der Waals surface area contributed by atoms with Crippen LogP contribution in [0, 0.1) is 23.7 Å². The lowest BCUT2D eigenvalue weighted by Gasteiger charge is -2.39. The number of aliphatic carboxylic acids is 1. The van der Waals surface area contributed by atoms with Crippen molar-refractivity contribution in [2.45, 2.75) is 40.0 Å². The molecule has 142 valence electrons. The van der Waals surface area contributed by atoms with Crippen LogP contribution in [0.25, 0.3) is 0 Å². The van der Waals surface area contributed by atoms with E-state index >= 15 is 0 Å². The van der Waals surface area contributed by atoms with Crippen LogP contribution in [0.5, 0.6) is 0 Å². The summed E-state index contributed by atoms with van der Waals surface area (Å²) in [5.41, 5.74) is 0. The molecule has 0 bridgehead atoms. The predicted octanol–water partition coefficient (Wildman–Crippen LogP) is 1.63. The summed E-state index contributed by atoms with van der Waals surface area (Å²) in [7, 11) is 0. The van der Waals surface area contributed by atoms with E-state index in [1.54, 1.807) is 9.80 Å². The third-order valence-corrected chi connectivity index (χ3v) is 5.04. The molecule has 3 amide bonds. The molecule has 2 aliphatic rings. The zero-order chi connectivity index (χ0) is 18.6. The summed E-state index contributed by atoms with van der Waals surface area (Å²) in [6.07, 6.45) is 2.18. The Kier molecular flexibility index (Phi) is 6.67. The fourth-order valence-electron chi connectivity index (χ4n) is 3.74. The highest BCUT2D eigenvalue weighted by Crippen LogP contribution is 2.26. The van der Waals surface area contributed by atoms with Crippen LogP contribution >= 0.6 is 0 Å². The SMILES string of the molecule is CC(C)CNC(=O)N1CCCC(C(=O)N2CC(C)CC(C(=O)O)C2)C1. The standard InChI is InChI=1S/C18H31N3O4/c1-12(2)8-19-18(25)20-6-4-5-14(10-20)16(22)21-9-13(3)7-15(11-21)17(23)24/h12-15H,4-11H2,1-3H3,(H,19,25)(H,23,24). The molecule has 0 aromatic carbocycles. The number of piperidine rings is 2. The van der Waals surface area contributed by atoms with Gasteiger partial charge in [0.25, 0.3) is 0 Å². The molecule has 7 heteroatoms. The maximum absolute atomic E-state index is 12.9. The number of amides is 3. The minimum Gasteiger partial charge on any atom is -0.481 e. The Morgan fingerprint density at radius 3 is 2.44 bits per heavy atom. The summed E-state index contributed by atoms with van der Waals surface area (Å²) in [6, 6.07) is -0.110. The number of urea groups is 1. The third-order valence-electron chi connectivity index (χ3n) is 5.04. The van der Waals surface area contributed by atoms with Crippen LogP contribution in [0.4, 0.5) is 4.79 Å². The second kappa shape index (κ2) is 8.54. The van der Waals surface area contributed by atoms with Crippen molar-refractivity contribution in [2.75, 3.05) is 32.7 Å². The van der Waals surface area contributed by atoms with Gasteiger partial charge in [0.2, 0.25) is 5.91 Å². The molecular weight excluding hydrogens is 322 g/mol. The van der Waals surface area contributed by atoms with Crippen molar-refractivity contribution in [1.29, 1.82) is 0 Å². The molecule has 0 aromatic heterocycles. The molecule has 2 N–H and O–H groups in total. The maximum Gasteiger partial charge on any atom is 0.317 e. The highest BCUT2D eigenvalue weighted by Gasteiger charge is 2.36. The van der Waals surface area contributed by atoms with E-state index in [0.717, 1.165) is 12.8 Å². The molecule has 2 aliphatic heterocycles. The largest absolute Gasteiger partial charge is 0.481 e. The monoisotopic (exact) mass is 353 g/mol. The summed E-state index contributed by atoms with van der Waals surface area (Å²) >= 11 is 0. The first kappa shape index (κ1) is 19.5. The first-order chi connectivity index (χ1) is 11.8. The van der Waals surface area contributed by atoms with Crippen molar-refractivity contribution in [3.05, 3.63) is 0 Å². The predicted molar refractivity (Wildman–Crippen MR) is 94.0 cm³/mol. The fourth-order valence-corrected chi connectivity index (χ4v) is 3.74. The Morgan fingerprint density at radius 2 is 1.80 bits per heavy atom. The van der Waals surface area contributed by atoms with Crippen molar-refractivity contribution >= 4 is 17.9 Å². The van der Waals surface area contributed by atoms with E-state index in [-0.39, 0.29) is 30.3 Å². The number of hydrogen-bond donors (Lipinski definition) is 2. The summed E-state index contributed by atoms with van der Waals surface area (Å²) in [5.74, 6) is -0.969. The van der Waals surface area contributed by atoms with Crippen molar-refractivity contribution in [2.24, 2.45) is 23.7 Å². The van der Waals surface area contributed by atoms with Gasteiger partial charge in [-0.05, 0) is 31.1 Å². The third kappa shape index (κ3) is 5.34. The number of rotatable bonds is 4. The van der Waals surface area contributed by atoms with Crippen LogP contribution in [0.15, 0.2) is 0 Å². The number of likely N-dealkylation sites (tertiary alicyclic amines) is 2. The summed E-state index contributed by atoms with van der Waals surface area (Å²) in [5, 5.41) is 12.2. The van der Waals surface area contributed by atoms with Crippen LogP contribution in [-0.2, 0) is 9.59 Å². The summed E-state index contributed by atoms with van der Waals surface area (Å²) < 4.78 is 0. The molecule has 0 saturated carbocycles. The zero-order valence-electron chi connectivity index (χ0n) is 15.5. The van der Waals surface area contributed by atoms with Gasteiger partial charge in [0.15, 0.2) is 0 Å². The Balaban J connectivity index is 1.94. The van der Waals surface area contributed by atoms with Gasteiger partial charge in [0.05, 0.1) is 11.8 Å². The van der Waals surface area contributed by atoms with Gasteiger partial charge in [0.1, 0.15) is 0 Å².